The lowest BCUT2D eigenvalue weighted by molar-refractivity contribution is 0.549. The van der Waals surface area contributed by atoms with Crippen LogP contribution in [0.2, 0.25) is 0 Å². The second-order valence-corrected chi connectivity index (χ2v) is 5.43. The summed E-state index contributed by atoms with van der Waals surface area (Å²) in [5.41, 5.74) is 6.18. The van der Waals surface area contributed by atoms with Gasteiger partial charge in [-0.3, -0.25) is 0 Å². The minimum absolute atomic E-state index is 0.173. The lowest BCUT2D eigenvalue weighted by atomic mass is 9.94. The van der Waals surface area contributed by atoms with E-state index in [4.69, 9.17) is 4.98 Å². The third-order valence-electron chi connectivity index (χ3n) is 4.12. The van der Waals surface area contributed by atoms with Crippen molar-refractivity contribution in [3.05, 3.63) is 65.0 Å². The van der Waals surface area contributed by atoms with Crippen molar-refractivity contribution < 1.29 is 0 Å². The van der Waals surface area contributed by atoms with Crippen molar-refractivity contribution in [2.45, 2.75) is 19.4 Å². The minimum atomic E-state index is 0.173. The van der Waals surface area contributed by atoms with Gasteiger partial charge in [-0.25, -0.2) is 4.98 Å². The molecule has 2 heterocycles. The zero-order chi connectivity index (χ0) is 13.5. The molecule has 0 aliphatic carbocycles. The van der Waals surface area contributed by atoms with Crippen LogP contribution in [0.5, 0.6) is 0 Å². The SMILES string of the molecule is Cc1cccc2[nH]c(C3NCCc4ccccc43)nc12. The molecule has 3 aromatic rings. The van der Waals surface area contributed by atoms with Gasteiger partial charge in [-0.05, 0) is 36.1 Å². The minimum Gasteiger partial charge on any atom is -0.340 e. The van der Waals surface area contributed by atoms with E-state index < -0.39 is 0 Å². The van der Waals surface area contributed by atoms with Crippen LogP contribution in [0.25, 0.3) is 11.0 Å². The molecule has 0 bridgehead atoms. The summed E-state index contributed by atoms with van der Waals surface area (Å²) < 4.78 is 0. The summed E-state index contributed by atoms with van der Waals surface area (Å²) in [5, 5.41) is 3.58. The first-order valence-corrected chi connectivity index (χ1v) is 7.09. The third-order valence-corrected chi connectivity index (χ3v) is 4.12. The van der Waals surface area contributed by atoms with Crippen molar-refractivity contribution in [2.75, 3.05) is 6.54 Å². The molecule has 2 aromatic carbocycles. The van der Waals surface area contributed by atoms with Crippen molar-refractivity contribution in [3.8, 4) is 0 Å². The van der Waals surface area contributed by atoms with Crippen molar-refractivity contribution in [2.24, 2.45) is 0 Å². The zero-order valence-electron chi connectivity index (χ0n) is 11.5. The normalized spacial score (nSPS) is 18.1. The van der Waals surface area contributed by atoms with Gasteiger partial charge in [0.15, 0.2) is 0 Å². The van der Waals surface area contributed by atoms with E-state index in [1.165, 1.54) is 16.7 Å². The molecule has 1 atom stereocenters. The van der Waals surface area contributed by atoms with Gasteiger partial charge in [0, 0.05) is 6.54 Å². The van der Waals surface area contributed by atoms with E-state index >= 15 is 0 Å². The number of H-pyrrole nitrogens is 1. The van der Waals surface area contributed by atoms with Gasteiger partial charge in [0.05, 0.1) is 17.1 Å². The van der Waals surface area contributed by atoms with Crippen LogP contribution in [-0.4, -0.2) is 16.5 Å². The van der Waals surface area contributed by atoms with Crippen LogP contribution < -0.4 is 5.32 Å². The largest absolute Gasteiger partial charge is 0.340 e. The summed E-state index contributed by atoms with van der Waals surface area (Å²) in [6, 6.07) is 15.1. The Balaban J connectivity index is 1.86. The standard InChI is InChI=1S/C17H17N3/c1-11-5-4-8-14-15(11)20-17(19-14)16-13-7-3-2-6-12(13)9-10-18-16/h2-8,16,18H,9-10H2,1H3,(H,19,20). The Kier molecular flexibility index (Phi) is 2.60. The molecule has 1 aromatic heterocycles. The summed E-state index contributed by atoms with van der Waals surface area (Å²) in [4.78, 5) is 8.29. The zero-order valence-corrected chi connectivity index (χ0v) is 11.5. The first kappa shape index (κ1) is 11.7. The number of aromatic nitrogens is 2. The van der Waals surface area contributed by atoms with E-state index in [0.717, 1.165) is 29.8 Å². The predicted molar refractivity (Wildman–Crippen MR) is 80.8 cm³/mol. The van der Waals surface area contributed by atoms with Crippen molar-refractivity contribution in [1.29, 1.82) is 0 Å². The number of fused-ring (bicyclic) bond motifs is 2. The van der Waals surface area contributed by atoms with E-state index in [1.807, 2.05) is 0 Å². The molecule has 0 amide bonds. The van der Waals surface area contributed by atoms with Crippen molar-refractivity contribution in [3.63, 3.8) is 0 Å². The van der Waals surface area contributed by atoms with Gasteiger partial charge in [0.2, 0.25) is 0 Å². The fourth-order valence-corrected chi connectivity index (χ4v) is 3.08. The van der Waals surface area contributed by atoms with Gasteiger partial charge in [-0.15, -0.1) is 0 Å². The Morgan fingerprint density at radius 1 is 1.10 bits per heavy atom. The van der Waals surface area contributed by atoms with E-state index in [1.54, 1.807) is 0 Å². The molecule has 2 N–H and O–H groups in total. The Morgan fingerprint density at radius 2 is 2.00 bits per heavy atom. The average Bonchev–Trinajstić information content (AvgIpc) is 2.92. The Morgan fingerprint density at radius 3 is 2.90 bits per heavy atom. The molecule has 1 aliphatic rings. The van der Waals surface area contributed by atoms with E-state index in [2.05, 4.69) is 59.7 Å². The molecular weight excluding hydrogens is 246 g/mol. The molecule has 3 nitrogen and oxygen atoms in total. The van der Waals surface area contributed by atoms with Crippen molar-refractivity contribution in [1.82, 2.24) is 15.3 Å². The lowest BCUT2D eigenvalue weighted by Crippen LogP contribution is -2.31. The molecule has 0 saturated carbocycles. The summed E-state index contributed by atoms with van der Waals surface area (Å²) >= 11 is 0. The highest BCUT2D eigenvalue weighted by atomic mass is 15.0. The van der Waals surface area contributed by atoms with Crippen molar-refractivity contribution >= 4 is 11.0 Å². The molecule has 20 heavy (non-hydrogen) atoms. The second kappa shape index (κ2) is 4.46. The van der Waals surface area contributed by atoms with Crippen LogP contribution in [0.4, 0.5) is 0 Å². The monoisotopic (exact) mass is 263 g/mol. The van der Waals surface area contributed by atoms with Gasteiger partial charge in [-0.2, -0.15) is 0 Å². The highest BCUT2D eigenvalue weighted by Crippen LogP contribution is 2.28. The molecule has 4 rings (SSSR count). The maximum atomic E-state index is 4.82. The van der Waals surface area contributed by atoms with Gasteiger partial charge in [0.1, 0.15) is 5.82 Å². The third kappa shape index (κ3) is 1.74. The van der Waals surface area contributed by atoms with E-state index in [-0.39, 0.29) is 6.04 Å². The van der Waals surface area contributed by atoms with Crippen LogP contribution in [-0.2, 0) is 6.42 Å². The molecular formula is C17H17N3. The Bertz CT molecular complexity index is 773. The number of nitrogens with zero attached hydrogens (tertiary/aromatic N) is 1. The van der Waals surface area contributed by atoms with Gasteiger partial charge in [-0.1, -0.05) is 36.4 Å². The van der Waals surface area contributed by atoms with Gasteiger partial charge in [0.25, 0.3) is 0 Å². The predicted octanol–water partition coefficient (Wildman–Crippen LogP) is 3.11. The number of hydrogen-bond donors (Lipinski definition) is 2. The van der Waals surface area contributed by atoms with Crippen LogP contribution in [0.1, 0.15) is 28.6 Å². The summed E-state index contributed by atoms with van der Waals surface area (Å²) in [6.45, 7) is 3.10. The Hall–Kier alpha value is -2.13. The first-order chi connectivity index (χ1) is 9.83. The fourth-order valence-electron chi connectivity index (χ4n) is 3.08. The summed E-state index contributed by atoms with van der Waals surface area (Å²) in [6.07, 6.45) is 1.09. The maximum absolute atomic E-state index is 4.82. The smallest absolute Gasteiger partial charge is 0.129 e. The number of nitrogens with one attached hydrogen (secondary N) is 2. The Labute approximate surface area is 118 Å². The number of rotatable bonds is 1. The van der Waals surface area contributed by atoms with Gasteiger partial charge >= 0.3 is 0 Å². The number of para-hydroxylation sites is 1. The number of benzene rings is 2. The number of hydrogen-bond acceptors (Lipinski definition) is 2. The van der Waals surface area contributed by atoms with E-state index in [9.17, 15) is 0 Å². The number of imidazole rings is 1. The number of aryl methyl sites for hydroxylation is 1. The van der Waals surface area contributed by atoms with Gasteiger partial charge < -0.3 is 10.3 Å². The summed E-state index contributed by atoms with van der Waals surface area (Å²) in [7, 11) is 0. The van der Waals surface area contributed by atoms with Crippen LogP contribution in [0.15, 0.2) is 42.5 Å². The highest BCUT2D eigenvalue weighted by molar-refractivity contribution is 5.78. The quantitative estimate of drug-likeness (QED) is 0.708. The molecule has 100 valence electrons. The molecule has 3 heteroatoms. The molecule has 0 spiro atoms. The second-order valence-electron chi connectivity index (χ2n) is 5.43. The fraction of sp³-hybridized carbons (Fsp3) is 0.235. The molecule has 1 unspecified atom stereocenters. The summed E-state index contributed by atoms with van der Waals surface area (Å²) in [5.74, 6) is 1.02. The lowest BCUT2D eigenvalue weighted by Gasteiger charge is -2.25. The van der Waals surface area contributed by atoms with E-state index in [0.29, 0.717) is 0 Å². The maximum Gasteiger partial charge on any atom is 0.129 e. The first-order valence-electron chi connectivity index (χ1n) is 7.09. The molecule has 0 radical (unpaired) electrons. The van der Waals surface area contributed by atoms with Crippen LogP contribution in [0, 0.1) is 6.92 Å². The molecule has 0 saturated heterocycles. The van der Waals surface area contributed by atoms with Crippen LogP contribution >= 0.6 is 0 Å². The van der Waals surface area contributed by atoms with Crippen LogP contribution in [0.3, 0.4) is 0 Å². The molecule has 1 aliphatic heterocycles. The average molecular weight is 263 g/mol. The highest BCUT2D eigenvalue weighted by Gasteiger charge is 2.23. The molecule has 0 fully saturated rings. The topological polar surface area (TPSA) is 40.7 Å². The number of aromatic amines is 1.